The average Bonchev–Trinajstić information content (AvgIpc) is 1.68. The number of ether oxygens (including phenoxy) is 5. The summed E-state index contributed by atoms with van der Waals surface area (Å²) in [7, 11) is 0. The van der Waals surface area contributed by atoms with Crippen LogP contribution in [0, 0.1) is 113 Å². The van der Waals surface area contributed by atoms with E-state index in [0.717, 1.165) is 108 Å². The zero-order chi connectivity index (χ0) is 71.1. The maximum atomic E-state index is 13.6. The van der Waals surface area contributed by atoms with E-state index in [0.29, 0.717) is 73.9 Å². The molecule has 0 amide bonds. The van der Waals surface area contributed by atoms with Gasteiger partial charge in [-0.3, -0.25) is 39.1 Å². The monoisotopic (exact) mass is 1370 g/mol. The van der Waals surface area contributed by atoms with E-state index >= 15 is 0 Å². The van der Waals surface area contributed by atoms with Gasteiger partial charge in [0.2, 0.25) is 0 Å². The Morgan fingerprint density at radius 3 is 1.62 bits per heavy atom. The number of allylic oxidation sites excluding steroid dienone is 3. The first kappa shape index (κ1) is 71.9. The fourth-order valence-electron chi connectivity index (χ4n) is 18.8. The van der Waals surface area contributed by atoms with Crippen LogP contribution in [0.1, 0.15) is 142 Å². The minimum atomic E-state index is -1.39. The van der Waals surface area contributed by atoms with Crippen LogP contribution in [0.25, 0.3) is 51.7 Å². The second-order valence-corrected chi connectivity index (χ2v) is 29.6. The number of cyclic esters (lactones) is 3. The summed E-state index contributed by atoms with van der Waals surface area (Å²) in [5.41, 5.74) is 7.52. The lowest BCUT2D eigenvalue weighted by molar-refractivity contribution is -0.160. The molecule has 5 saturated carbocycles. The first-order chi connectivity index (χ1) is 48.8. The number of carbonyl (C=O) groups is 5. The number of carbonyl (C=O) groups excluding carboxylic acids is 5. The van der Waals surface area contributed by atoms with Crippen molar-refractivity contribution < 1.29 is 57.2 Å². The maximum absolute atomic E-state index is 13.6. The fourth-order valence-corrected chi connectivity index (χ4v) is 18.8. The molecule has 7 heterocycles. The number of benzene rings is 2. The Bertz CT molecular complexity index is 4040. The zero-order valence-electron chi connectivity index (χ0n) is 59.0. The van der Waals surface area contributed by atoms with Gasteiger partial charge in [-0.05, 0) is 241 Å². The van der Waals surface area contributed by atoms with Crippen molar-refractivity contribution in [3.05, 3.63) is 175 Å². The normalized spacial score (nSPS) is 32.2. The van der Waals surface area contributed by atoms with E-state index < -0.39 is 11.6 Å². The van der Waals surface area contributed by atoms with Crippen LogP contribution < -0.4 is 0 Å². The van der Waals surface area contributed by atoms with Crippen LogP contribution >= 0.6 is 0 Å². The molecule has 4 aromatic heterocycles. The van der Waals surface area contributed by atoms with Crippen molar-refractivity contribution in [2.24, 2.45) is 94.7 Å². The van der Waals surface area contributed by atoms with Crippen LogP contribution in [0.3, 0.4) is 0 Å². The van der Waals surface area contributed by atoms with Crippen LogP contribution in [-0.4, -0.2) is 92.0 Å². The SMILES string of the molecule is C#Cc1ccccc1-c1ccc(/C=C/[C@@H]2[C@H](C)[C@@H](C)C[C@@]3(O)C(=O)O[C@H](C)[C@@H]23)nc1.CCOC(=O)C[C@@H]1CC[C@@H]2[C@@H](C1)C[C@H]1C(=O)O[C@H](C)[C@H]1[C@H]2/C=C/c1ccc(-c2cccc(F)c2)cn1.CCOC(=O)C[C@@H]1CC[C@@H]2[C@@H](C1)C[C@H]1C(=O)O[C@H](C)[C@H]1[C@H]2/C=C/c1ccc(-c2ccccn2)cn1. The Balaban J connectivity index is 0.000000144. The van der Waals surface area contributed by atoms with Gasteiger partial charge in [-0.1, -0.05) is 86.5 Å². The Morgan fingerprint density at radius 2 is 1.12 bits per heavy atom. The molecule has 15 nitrogen and oxygen atoms in total. The van der Waals surface area contributed by atoms with Crippen molar-refractivity contribution >= 4 is 48.1 Å². The molecule has 8 fully saturated rings. The quantitative estimate of drug-likeness (QED) is 0.0577. The predicted molar refractivity (Wildman–Crippen MR) is 385 cm³/mol. The van der Waals surface area contributed by atoms with Gasteiger partial charge in [-0.2, -0.15) is 0 Å². The zero-order valence-corrected chi connectivity index (χ0v) is 59.0. The molecule has 0 unspecified atom stereocenters. The molecule has 1 N–H and O–H groups in total. The van der Waals surface area contributed by atoms with E-state index in [1.165, 1.54) is 12.1 Å². The van der Waals surface area contributed by atoms with Crippen molar-refractivity contribution in [3.8, 4) is 45.9 Å². The topological polar surface area (TPSA) is 203 Å². The molecule has 0 spiro atoms. The summed E-state index contributed by atoms with van der Waals surface area (Å²) < 4.78 is 40.8. The first-order valence-electron chi connectivity index (χ1n) is 36.6. The number of fused-ring (bicyclic) bond motifs is 5. The van der Waals surface area contributed by atoms with Crippen LogP contribution in [0.5, 0.6) is 0 Å². The van der Waals surface area contributed by atoms with Gasteiger partial charge in [-0.25, -0.2) is 9.18 Å². The smallest absolute Gasteiger partial charge is 0.338 e. The van der Waals surface area contributed by atoms with Crippen LogP contribution in [0.2, 0.25) is 0 Å². The van der Waals surface area contributed by atoms with Gasteiger partial charge in [0.15, 0.2) is 5.60 Å². The summed E-state index contributed by atoms with van der Waals surface area (Å²) in [5.74, 6) is 5.12. The van der Waals surface area contributed by atoms with E-state index in [1.54, 1.807) is 18.5 Å². The van der Waals surface area contributed by atoms with Gasteiger partial charge < -0.3 is 28.8 Å². The Labute approximate surface area is 593 Å². The third-order valence-electron chi connectivity index (χ3n) is 23.6. The molecule has 3 aliphatic heterocycles. The lowest BCUT2D eigenvalue weighted by atomic mass is 9.56. The number of halogens is 1. The van der Waals surface area contributed by atoms with E-state index in [4.69, 9.17) is 30.1 Å². The molecular formula is C85H95FN4O11. The molecule has 3 saturated heterocycles. The van der Waals surface area contributed by atoms with Gasteiger partial charge in [0.05, 0.1) is 47.8 Å². The third-order valence-corrected chi connectivity index (χ3v) is 23.6. The average molecular weight is 1370 g/mol. The highest BCUT2D eigenvalue weighted by molar-refractivity contribution is 5.83. The summed E-state index contributed by atoms with van der Waals surface area (Å²) >= 11 is 0. The summed E-state index contributed by atoms with van der Waals surface area (Å²) in [6.45, 7) is 14.7. The Morgan fingerprint density at radius 1 is 0.594 bits per heavy atom. The van der Waals surface area contributed by atoms with Gasteiger partial charge in [0.1, 0.15) is 24.1 Å². The van der Waals surface area contributed by atoms with E-state index in [2.05, 4.69) is 70.1 Å². The van der Waals surface area contributed by atoms with E-state index in [1.807, 2.05) is 138 Å². The number of pyridine rings is 4. The second kappa shape index (κ2) is 31.9. The summed E-state index contributed by atoms with van der Waals surface area (Å²) in [5, 5.41) is 11.1. The summed E-state index contributed by atoms with van der Waals surface area (Å²) in [6.07, 6.45) is 34.3. The molecule has 2 aromatic carbocycles. The minimum Gasteiger partial charge on any atom is -0.466 e. The van der Waals surface area contributed by atoms with Crippen molar-refractivity contribution in [1.29, 1.82) is 0 Å². The predicted octanol–water partition coefficient (Wildman–Crippen LogP) is 15.8. The molecule has 101 heavy (non-hydrogen) atoms. The number of rotatable bonds is 15. The molecule has 528 valence electrons. The number of aromatic nitrogens is 4. The van der Waals surface area contributed by atoms with Crippen LogP contribution in [-0.2, 0) is 47.7 Å². The number of hydrogen-bond acceptors (Lipinski definition) is 15. The summed E-state index contributed by atoms with van der Waals surface area (Å²) in [4.78, 5) is 80.1. The number of terminal acetylenes is 1. The molecule has 0 bridgehead atoms. The van der Waals surface area contributed by atoms with E-state index in [-0.39, 0.29) is 101 Å². The maximum Gasteiger partial charge on any atom is 0.338 e. The highest BCUT2D eigenvalue weighted by atomic mass is 19.1. The molecular weight excluding hydrogens is 1270 g/mol. The number of esters is 5. The number of nitrogens with zero attached hydrogens (tertiary/aromatic N) is 4. The molecule has 8 aliphatic rings. The van der Waals surface area contributed by atoms with Gasteiger partial charge in [0.25, 0.3) is 0 Å². The van der Waals surface area contributed by atoms with Crippen molar-refractivity contribution in [2.45, 2.75) is 143 Å². The van der Waals surface area contributed by atoms with Crippen molar-refractivity contribution in [2.75, 3.05) is 13.2 Å². The minimum absolute atomic E-state index is 0.0313. The molecule has 14 rings (SSSR count). The molecule has 0 radical (unpaired) electrons. The molecule has 20 atom stereocenters. The van der Waals surface area contributed by atoms with Crippen molar-refractivity contribution in [1.82, 2.24) is 19.9 Å². The first-order valence-corrected chi connectivity index (χ1v) is 36.6. The van der Waals surface area contributed by atoms with Gasteiger partial charge >= 0.3 is 29.8 Å². The lowest BCUT2D eigenvalue weighted by Crippen LogP contribution is -2.52. The third kappa shape index (κ3) is 16.1. The van der Waals surface area contributed by atoms with Crippen LogP contribution in [0.15, 0.2) is 146 Å². The van der Waals surface area contributed by atoms with Crippen molar-refractivity contribution in [3.63, 3.8) is 0 Å². The second-order valence-electron chi connectivity index (χ2n) is 29.6. The molecule has 16 heteroatoms. The lowest BCUT2D eigenvalue weighted by Gasteiger charge is -2.47. The number of hydrogen-bond donors (Lipinski definition) is 1. The summed E-state index contributed by atoms with van der Waals surface area (Å²) in [6, 6.07) is 32.1. The highest BCUT2D eigenvalue weighted by Crippen LogP contribution is 2.57. The largest absolute Gasteiger partial charge is 0.466 e. The fraction of sp³-hybridized carbons (Fsp3) is 0.471. The van der Waals surface area contributed by atoms with E-state index in [9.17, 15) is 33.5 Å². The Kier molecular flexibility index (Phi) is 22.7. The molecule has 5 aliphatic carbocycles. The molecule has 6 aromatic rings. The standard InChI is InChI=1S/C30H34FNO4.C29H34N2O4.C26H27NO3/c1-3-35-28(33)14-19-7-11-25-22(13-19)16-27-29(18(2)36-30(27)34)26(25)12-10-24-9-8-21(17-32-24)20-5-4-6-23(31)15-20;1-3-34-27(32)15-19-7-11-23-21(14-19)16-25-28(18(2)35-29(25)33)24(23)12-10-22-9-8-20(17-31-22)26-6-4-5-13-30-26;1-5-19-8-6-7-9-23(19)20-10-11-21(27-15-20)12-13-22-17(3)16(2)14-26(29)24(22)18(4)30-25(26)28/h4-6,8-10,12,15,17-19,22,25-27,29H,3,7,11,13-14,16H2,1-2H3;4-6,8-10,12-13,17-19,21,23-25,28H,3,7,11,14-16H2,1-2H3;1,6-13,15-18,22,24,29H,14H2,2-4H3/b2*12-10+;13-12+/t18-,19-,22+,25-,26+,27-,29+;18-,19-,21+,23-,24+,25-,28+;16-,17+,18+,22+,24-,26-/m110/s1. The van der Waals surface area contributed by atoms with Crippen LogP contribution in [0.4, 0.5) is 4.39 Å². The van der Waals surface area contributed by atoms with Gasteiger partial charge in [0, 0.05) is 77.6 Å². The Hall–Kier alpha value is -8.94. The van der Waals surface area contributed by atoms with Gasteiger partial charge in [-0.15, -0.1) is 6.42 Å². The number of aliphatic hydroxyl groups is 1. The highest BCUT2D eigenvalue weighted by Gasteiger charge is 2.62.